The largest absolute Gasteiger partial charge is 0.362 e. The number of ketones is 1. The van der Waals surface area contributed by atoms with Crippen LogP contribution in [0, 0.1) is 6.92 Å². The molecule has 3 aromatic rings. The second-order valence-corrected chi connectivity index (χ2v) is 10.2. The summed E-state index contributed by atoms with van der Waals surface area (Å²) < 4.78 is 0. The van der Waals surface area contributed by atoms with Crippen LogP contribution in [0.25, 0.3) is 0 Å². The average Bonchev–Trinajstić information content (AvgIpc) is 2.89. The summed E-state index contributed by atoms with van der Waals surface area (Å²) in [6.45, 7) is 3.83. The minimum absolute atomic E-state index is 0.0864. The minimum Gasteiger partial charge on any atom is -0.362 e. The molecule has 5 rings (SSSR count). The number of nitrogens with zero attached hydrogens (tertiary/aromatic N) is 1. The predicted molar refractivity (Wildman–Crippen MR) is 145 cm³/mol. The van der Waals surface area contributed by atoms with Gasteiger partial charge in [0.05, 0.1) is 0 Å². The molecule has 6 heteroatoms. The second kappa shape index (κ2) is 10.2. The van der Waals surface area contributed by atoms with Gasteiger partial charge in [0.25, 0.3) is 5.91 Å². The highest BCUT2D eigenvalue weighted by Crippen LogP contribution is 2.45. The predicted octanol–water partition coefficient (Wildman–Crippen LogP) is 6.11. The summed E-state index contributed by atoms with van der Waals surface area (Å²) in [7, 11) is 0. The minimum atomic E-state index is -0.439. The van der Waals surface area contributed by atoms with Crippen molar-refractivity contribution in [3.63, 3.8) is 0 Å². The van der Waals surface area contributed by atoms with Crippen molar-refractivity contribution in [2.75, 3.05) is 11.6 Å². The van der Waals surface area contributed by atoms with Gasteiger partial charge in [0.15, 0.2) is 5.78 Å². The summed E-state index contributed by atoms with van der Waals surface area (Å²) in [6, 6.07) is 22.1. The number of thioether (sulfide) groups is 1. The van der Waals surface area contributed by atoms with E-state index in [0.29, 0.717) is 23.4 Å². The zero-order chi connectivity index (χ0) is 25.2. The van der Waals surface area contributed by atoms with Gasteiger partial charge in [-0.05, 0) is 67.3 Å². The first kappa shape index (κ1) is 24.1. The molecule has 5 nitrogen and oxygen atoms in total. The first-order chi connectivity index (χ1) is 17.5. The number of Topliss-reactive ketones (excluding diaryl/α,β-unsaturated/α-hetero) is 1. The number of carbonyl (C=O) groups is 2. The number of allylic oxidation sites excluding steroid dienone is 3. The van der Waals surface area contributed by atoms with E-state index < -0.39 is 5.92 Å². The molecule has 1 aliphatic carbocycles. The topological polar surface area (TPSA) is 71.1 Å². The van der Waals surface area contributed by atoms with Crippen molar-refractivity contribution < 1.29 is 9.59 Å². The van der Waals surface area contributed by atoms with Gasteiger partial charge in [-0.1, -0.05) is 48.5 Å². The van der Waals surface area contributed by atoms with Gasteiger partial charge in [-0.2, -0.15) is 0 Å². The summed E-state index contributed by atoms with van der Waals surface area (Å²) in [5.41, 5.74) is 5.93. The zero-order valence-electron chi connectivity index (χ0n) is 20.7. The van der Waals surface area contributed by atoms with Crippen LogP contribution >= 0.6 is 11.8 Å². The summed E-state index contributed by atoms with van der Waals surface area (Å²) in [4.78, 5) is 32.9. The normalized spacial score (nSPS) is 19.6. The van der Waals surface area contributed by atoms with Crippen molar-refractivity contribution in [1.29, 1.82) is 0 Å². The van der Waals surface area contributed by atoms with Crippen LogP contribution in [-0.2, 0) is 9.59 Å². The van der Waals surface area contributed by atoms with Gasteiger partial charge in [0.2, 0.25) is 0 Å². The molecule has 0 saturated heterocycles. The molecule has 2 atom stereocenters. The molecule has 1 amide bonds. The molecule has 2 heterocycles. The Morgan fingerprint density at radius 3 is 2.42 bits per heavy atom. The lowest BCUT2D eigenvalue weighted by Crippen LogP contribution is -2.37. The number of hydrogen-bond acceptors (Lipinski definition) is 5. The standard InChI is InChI=1S/C30H29N3O2S/c1-18-8-7-15-31-29(18)33-30(35)26-19(2)32-24-16-22(20-9-5-4-6-10-20)17-25(34)28(24)27(26)21-11-13-23(36-3)14-12-21/h4-15,22,27,32H,16-17H2,1-3H3,(H,31,33,35). The van der Waals surface area contributed by atoms with Crippen LogP contribution in [0.5, 0.6) is 0 Å². The van der Waals surface area contributed by atoms with Gasteiger partial charge in [0.1, 0.15) is 5.82 Å². The Morgan fingerprint density at radius 1 is 0.972 bits per heavy atom. The molecule has 1 aromatic heterocycles. The van der Waals surface area contributed by atoms with Crippen LogP contribution in [0.15, 0.2) is 100 Å². The number of benzene rings is 2. The number of dihydropyridines is 1. The number of nitrogens with one attached hydrogen (secondary N) is 2. The van der Waals surface area contributed by atoms with Crippen molar-refractivity contribution >= 4 is 29.3 Å². The molecule has 0 fully saturated rings. The van der Waals surface area contributed by atoms with Crippen LogP contribution in [0.4, 0.5) is 5.82 Å². The van der Waals surface area contributed by atoms with E-state index in [4.69, 9.17) is 0 Å². The van der Waals surface area contributed by atoms with E-state index in [2.05, 4.69) is 39.9 Å². The number of anilines is 1. The fourth-order valence-electron chi connectivity index (χ4n) is 5.22. The molecule has 0 bridgehead atoms. The Morgan fingerprint density at radius 2 is 1.72 bits per heavy atom. The highest BCUT2D eigenvalue weighted by Gasteiger charge is 2.41. The zero-order valence-corrected chi connectivity index (χ0v) is 21.5. The average molecular weight is 496 g/mol. The third-order valence-corrected chi connectivity index (χ3v) is 7.78. The van der Waals surface area contributed by atoms with Crippen molar-refractivity contribution in [3.8, 4) is 0 Å². The molecule has 0 radical (unpaired) electrons. The maximum Gasteiger partial charge on any atom is 0.255 e. The van der Waals surface area contributed by atoms with Crippen molar-refractivity contribution in [2.24, 2.45) is 0 Å². The summed E-state index contributed by atoms with van der Waals surface area (Å²) in [5, 5.41) is 6.45. The third kappa shape index (κ3) is 4.61. The number of aromatic nitrogens is 1. The van der Waals surface area contributed by atoms with Crippen LogP contribution in [0.1, 0.15) is 48.3 Å². The summed E-state index contributed by atoms with van der Waals surface area (Å²) >= 11 is 1.67. The molecule has 1 aliphatic heterocycles. The van der Waals surface area contributed by atoms with Crippen LogP contribution in [0.2, 0.25) is 0 Å². The number of rotatable bonds is 5. The van der Waals surface area contributed by atoms with E-state index in [1.807, 2.05) is 62.6 Å². The van der Waals surface area contributed by atoms with E-state index in [0.717, 1.165) is 39.4 Å². The number of aryl methyl sites for hydroxylation is 1. The SMILES string of the molecule is CSc1ccc(C2C(C(=O)Nc3ncccc3C)=C(C)NC3=C2C(=O)CC(c2ccccc2)C3)cc1. The van der Waals surface area contributed by atoms with E-state index >= 15 is 0 Å². The number of pyridine rings is 1. The van der Waals surface area contributed by atoms with E-state index in [1.165, 1.54) is 0 Å². The van der Waals surface area contributed by atoms with E-state index in [1.54, 1.807) is 18.0 Å². The molecule has 0 spiro atoms. The second-order valence-electron chi connectivity index (χ2n) is 9.32. The Labute approximate surface area is 216 Å². The quantitative estimate of drug-likeness (QED) is 0.418. The van der Waals surface area contributed by atoms with Crippen LogP contribution in [-0.4, -0.2) is 22.9 Å². The van der Waals surface area contributed by atoms with Crippen molar-refractivity contribution in [1.82, 2.24) is 10.3 Å². The lowest BCUT2D eigenvalue weighted by Gasteiger charge is -2.37. The van der Waals surface area contributed by atoms with Crippen LogP contribution in [0.3, 0.4) is 0 Å². The van der Waals surface area contributed by atoms with Crippen LogP contribution < -0.4 is 10.6 Å². The number of carbonyl (C=O) groups excluding carboxylic acids is 2. The van der Waals surface area contributed by atoms with Gasteiger partial charge in [-0.3, -0.25) is 9.59 Å². The highest BCUT2D eigenvalue weighted by molar-refractivity contribution is 7.98. The lowest BCUT2D eigenvalue weighted by molar-refractivity contribution is -0.116. The number of hydrogen-bond donors (Lipinski definition) is 2. The first-order valence-corrected chi connectivity index (χ1v) is 13.3. The molecule has 0 saturated carbocycles. The van der Waals surface area contributed by atoms with Crippen molar-refractivity contribution in [2.45, 2.75) is 43.4 Å². The Bertz CT molecular complexity index is 1380. The van der Waals surface area contributed by atoms with Gasteiger partial charge >= 0.3 is 0 Å². The summed E-state index contributed by atoms with van der Waals surface area (Å²) in [5.74, 6) is 0.0426. The Kier molecular flexibility index (Phi) is 6.79. The smallest absolute Gasteiger partial charge is 0.255 e. The fraction of sp³-hybridized carbons (Fsp3) is 0.233. The van der Waals surface area contributed by atoms with Crippen molar-refractivity contribution in [3.05, 3.63) is 112 Å². The van der Waals surface area contributed by atoms with Gasteiger partial charge in [-0.25, -0.2) is 4.98 Å². The maximum absolute atomic E-state index is 13.7. The molecule has 2 aromatic carbocycles. The molecule has 36 heavy (non-hydrogen) atoms. The monoisotopic (exact) mass is 495 g/mol. The molecule has 2 N–H and O–H groups in total. The van der Waals surface area contributed by atoms with Gasteiger partial charge < -0.3 is 10.6 Å². The Balaban J connectivity index is 1.57. The maximum atomic E-state index is 13.7. The highest BCUT2D eigenvalue weighted by atomic mass is 32.2. The van der Waals surface area contributed by atoms with Gasteiger partial charge in [0, 0.05) is 46.0 Å². The molecular formula is C30H29N3O2S. The molecule has 2 aliphatic rings. The van der Waals surface area contributed by atoms with E-state index in [-0.39, 0.29) is 17.6 Å². The first-order valence-electron chi connectivity index (χ1n) is 12.1. The molecule has 2 unspecified atom stereocenters. The lowest BCUT2D eigenvalue weighted by atomic mass is 9.71. The number of amides is 1. The van der Waals surface area contributed by atoms with Gasteiger partial charge in [-0.15, -0.1) is 11.8 Å². The molecular weight excluding hydrogens is 466 g/mol. The van der Waals surface area contributed by atoms with E-state index in [9.17, 15) is 9.59 Å². The Hall–Kier alpha value is -3.64. The summed E-state index contributed by atoms with van der Waals surface area (Å²) in [6.07, 6.45) is 4.86. The third-order valence-electron chi connectivity index (χ3n) is 7.03. The fourth-order valence-corrected chi connectivity index (χ4v) is 5.63. The molecule has 182 valence electrons.